The molecular formula is C11H15N3O2. The Balaban J connectivity index is 2.26. The van der Waals surface area contributed by atoms with Crippen LogP contribution in [0.15, 0.2) is 27.3 Å². The number of nitrogens with two attached hydrogens (primary N) is 1. The summed E-state index contributed by atoms with van der Waals surface area (Å²) in [6, 6.07) is 3.56. The molecular weight excluding hydrogens is 206 g/mol. The van der Waals surface area contributed by atoms with Gasteiger partial charge in [-0.1, -0.05) is 18.5 Å². The highest BCUT2D eigenvalue weighted by atomic mass is 16.5. The molecule has 1 unspecified atom stereocenters. The summed E-state index contributed by atoms with van der Waals surface area (Å²) in [5.74, 6) is 1.47. The van der Waals surface area contributed by atoms with Crippen molar-refractivity contribution in [3.63, 3.8) is 0 Å². The van der Waals surface area contributed by atoms with Gasteiger partial charge in [-0.3, -0.25) is 0 Å². The fourth-order valence-corrected chi connectivity index (χ4v) is 1.59. The average Bonchev–Trinajstić information content (AvgIpc) is 2.89. The number of nitrogens with zero attached hydrogens (tertiary/aromatic N) is 2. The molecule has 2 heterocycles. The van der Waals surface area contributed by atoms with Crippen LogP contribution < -0.4 is 5.73 Å². The molecule has 2 N–H and O–H groups in total. The van der Waals surface area contributed by atoms with Gasteiger partial charge in [0.05, 0.1) is 11.8 Å². The summed E-state index contributed by atoms with van der Waals surface area (Å²) in [6.07, 6.45) is 3.33. The number of hydrogen-bond acceptors (Lipinski definition) is 5. The van der Waals surface area contributed by atoms with Crippen LogP contribution in [0, 0.1) is 0 Å². The van der Waals surface area contributed by atoms with E-state index in [1.54, 1.807) is 18.4 Å². The lowest BCUT2D eigenvalue weighted by atomic mass is 9.98. The van der Waals surface area contributed by atoms with E-state index in [2.05, 4.69) is 17.1 Å². The molecule has 0 amide bonds. The van der Waals surface area contributed by atoms with Crippen LogP contribution in [-0.4, -0.2) is 10.1 Å². The molecule has 5 heteroatoms. The molecule has 0 aromatic carbocycles. The Labute approximate surface area is 93.6 Å². The van der Waals surface area contributed by atoms with Gasteiger partial charge in [-0.25, -0.2) is 0 Å². The summed E-state index contributed by atoms with van der Waals surface area (Å²) in [6.45, 7) is 3.95. The molecule has 0 aliphatic heterocycles. The molecule has 0 spiro atoms. The molecule has 2 aromatic rings. The Morgan fingerprint density at radius 3 is 2.94 bits per heavy atom. The van der Waals surface area contributed by atoms with E-state index in [0.29, 0.717) is 17.5 Å². The number of furan rings is 1. The summed E-state index contributed by atoms with van der Waals surface area (Å²) >= 11 is 0. The first-order valence-electron chi connectivity index (χ1n) is 5.30. The third-order valence-electron chi connectivity index (χ3n) is 2.43. The first-order chi connectivity index (χ1) is 7.63. The second-order valence-corrected chi connectivity index (χ2v) is 4.07. The first kappa shape index (κ1) is 10.9. The summed E-state index contributed by atoms with van der Waals surface area (Å²) in [4.78, 5) is 4.25. The Kier molecular flexibility index (Phi) is 2.78. The number of rotatable bonds is 4. The molecule has 0 bridgehead atoms. The van der Waals surface area contributed by atoms with E-state index < -0.39 is 5.54 Å². The lowest BCUT2D eigenvalue weighted by Gasteiger charge is -2.17. The van der Waals surface area contributed by atoms with Gasteiger partial charge >= 0.3 is 0 Å². The van der Waals surface area contributed by atoms with Crippen molar-refractivity contribution < 1.29 is 8.94 Å². The Hall–Kier alpha value is -1.62. The smallest absolute Gasteiger partial charge is 0.246 e. The summed E-state index contributed by atoms with van der Waals surface area (Å²) in [5, 5.41) is 3.85. The van der Waals surface area contributed by atoms with Gasteiger partial charge in [0.15, 0.2) is 5.76 Å². The zero-order chi connectivity index (χ0) is 11.6. The number of aromatic nitrogens is 2. The van der Waals surface area contributed by atoms with Crippen molar-refractivity contribution in [2.24, 2.45) is 5.73 Å². The van der Waals surface area contributed by atoms with Crippen LogP contribution in [0.1, 0.15) is 32.6 Å². The minimum Gasteiger partial charge on any atom is -0.461 e. The first-order valence-corrected chi connectivity index (χ1v) is 5.30. The topological polar surface area (TPSA) is 78.1 Å². The maximum Gasteiger partial charge on any atom is 0.246 e. The fourth-order valence-electron chi connectivity index (χ4n) is 1.59. The lowest BCUT2D eigenvalue weighted by molar-refractivity contribution is 0.283. The SMILES string of the molecule is CCCC(C)(N)c1nc(-c2ccco2)no1. The third kappa shape index (κ3) is 1.99. The van der Waals surface area contributed by atoms with Crippen LogP contribution in [0.3, 0.4) is 0 Å². The van der Waals surface area contributed by atoms with E-state index in [4.69, 9.17) is 14.7 Å². The molecule has 0 saturated carbocycles. The lowest BCUT2D eigenvalue weighted by Crippen LogP contribution is -2.33. The Bertz CT molecular complexity index is 446. The van der Waals surface area contributed by atoms with Crippen molar-refractivity contribution in [2.45, 2.75) is 32.2 Å². The van der Waals surface area contributed by atoms with Crippen LogP contribution >= 0.6 is 0 Å². The van der Waals surface area contributed by atoms with Gasteiger partial charge in [-0.2, -0.15) is 4.98 Å². The zero-order valence-electron chi connectivity index (χ0n) is 9.43. The van der Waals surface area contributed by atoms with Crippen molar-refractivity contribution in [1.29, 1.82) is 0 Å². The maximum atomic E-state index is 6.09. The molecule has 16 heavy (non-hydrogen) atoms. The van der Waals surface area contributed by atoms with Crippen molar-refractivity contribution in [3.05, 3.63) is 24.3 Å². The minimum absolute atomic E-state index is 0.438. The van der Waals surface area contributed by atoms with E-state index >= 15 is 0 Å². The molecule has 0 fully saturated rings. The van der Waals surface area contributed by atoms with Crippen LogP contribution in [0.4, 0.5) is 0 Å². The molecule has 2 rings (SSSR count). The predicted octanol–water partition coefficient (Wildman–Crippen LogP) is 2.30. The summed E-state index contributed by atoms with van der Waals surface area (Å²) in [7, 11) is 0. The number of hydrogen-bond donors (Lipinski definition) is 1. The van der Waals surface area contributed by atoms with E-state index in [-0.39, 0.29) is 0 Å². The van der Waals surface area contributed by atoms with E-state index in [1.807, 2.05) is 6.92 Å². The highest BCUT2D eigenvalue weighted by Gasteiger charge is 2.27. The van der Waals surface area contributed by atoms with Gasteiger partial charge in [-0.05, 0) is 25.5 Å². The molecule has 5 nitrogen and oxygen atoms in total. The zero-order valence-corrected chi connectivity index (χ0v) is 9.43. The quantitative estimate of drug-likeness (QED) is 0.857. The van der Waals surface area contributed by atoms with Gasteiger partial charge < -0.3 is 14.7 Å². The van der Waals surface area contributed by atoms with Crippen LogP contribution in [-0.2, 0) is 5.54 Å². The average molecular weight is 221 g/mol. The Morgan fingerprint density at radius 1 is 1.50 bits per heavy atom. The van der Waals surface area contributed by atoms with Gasteiger partial charge in [0, 0.05) is 0 Å². The Morgan fingerprint density at radius 2 is 2.31 bits per heavy atom. The largest absolute Gasteiger partial charge is 0.461 e. The third-order valence-corrected chi connectivity index (χ3v) is 2.43. The summed E-state index contributed by atoms with van der Waals surface area (Å²) < 4.78 is 10.3. The fraction of sp³-hybridized carbons (Fsp3) is 0.455. The van der Waals surface area contributed by atoms with Crippen LogP contribution in [0.5, 0.6) is 0 Å². The maximum absolute atomic E-state index is 6.09. The van der Waals surface area contributed by atoms with Crippen LogP contribution in [0.2, 0.25) is 0 Å². The molecule has 0 aliphatic carbocycles. The molecule has 1 atom stereocenters. The van der Waals surface area contributed by atoms with Gasteiger partial charge in [0.25, 0.3) is 0 Å². The second-order valence-electron chi connectivity index (χ2n) is 4.07. The van der Waals surface area contributed by atoms with E-state index in [9.17, 15) is 0 Å². The van der Waals surface area contributed by atoms with Crippen molar-refractivity contribution >= 4 is 0 Å². The van der Waals surface area contributed by atoms with E-state index in [1.165, 1.54) is 0 Å². The highest BCUT2D eigenvalue weighted by Crippen LogP contribution is 2.24. The second kappa shape index (κ2) is 4.09. The van der Waals surface area contributed by atoms with Crippen molar-refractivity contribution in [3.8, 4) is 11.6 Å². The summed E-state index contributed by atoms with van der Waals surface area (Å²) in [5.41, 5.74) is 5.51. The highest BCUT2D eigenvalue weighted by molar-refractivity contribution is 5.44. The minimum atomic E-state index is -0.577. The predicted molar refractivity (Wildman–Crippen MR) is 58.4 cm³/mol. The standard InChI is InChI=1S/C11H15N3O2/c1-3-6-11(2,12)10-13-9(14-16-10)8-5-4-7-15-8/h4-5,7H,3,6,12H2,1-2H3. The van der Waals surface area contributed by atoms with Gasteiger partial charge in [-0.15, -0.1) is 0 Å². The molecule has 0 saturated heterocycles. The van der Waals surface area contributed by atoms with Gasteiger partial charge in [0.1, 0.15) is 0 Å². The van der Waals surface area contributed by atoms with Gasteiger partial charge in [0.2, 0.25) is 11.7 Å². The molecule has 0 radical (unpaired) electrons. The molecule has 86 valence electrons. The van der Waals surface area contributed by atoms with Crippen molar-refractivity contribution in [2.75, 3.05) is 0 Å². The van der Waals surface area contributed by atoms with Crippen LogP contribution in [0.25, 0.3) is 11.6 Å². The van der Waals surface area contributed by atoms with Crippen molar-refractivity contribution in [1.82, 2.24) is 10.1 Å². The van der Waals surface area contributed by atoms with E-state index in [0.717, 1.165) is 12.8 Å². The molecule has 2 aromatic heterocycles. The normalized spacial score (nSPS) is 14.9. The molecule has 0 aliphatic rings. The monoisotopic (exact) mass is 221 g/mol.